The van der Waals surface area contributed by atoms with Crippen molar-refractivity contribution in [3.63, 3.8) is 0 Å². The minimum Gasteiger partial charge on any atom is -0.274 e. The zero-order valence-corrected chi connectivity index (χ0v) is 12.0. The summed E-state index contributed by atoms with van der Waals surface area (Å²) in [6, 6.07) is 4.33. The highest BCUT2D eigenvalue weighted by atomic mass is 79.9. The number of hydrogen-bond acceptors (Lipinski definition) is 2. The van der Waals surface area contributed by atoms with Crippen molar-refractivity contribution in [1.29, 1.82) is 0 Å². The fourth-order valence-corrected chi connectivity index (χ4v) is 3.40. The average Bonchev–Trinajstić information content (AvgIpc) is 2.84. The van der Waals surface area contributed by atoms with Crippen molar-refractivity contribution in [3.05, 3.63) is 28.5 Å². The van der Waals surface area contributed by atoms with Crippen molar-refractivity contribution in [1.82, 2.24) is 0 Å². The van der Waals surface area contributed by atoms with Crippen LogP contribution < -0.4 is 4.90 Å². The molecule has 0 radical (unpaired) electrons. The van der Waals surface area contributed by atoms with E-state index in [1.54, 1.807) is 6.07 Å². The zero-order chi connectivity index (χ0) is 13.7. The van der Waals surface area contributed by atoms with Gasteiger partial charge in [0.05, 0.1) is 22.0 Å². The predicted molar refractivity (Wildman–Crippen MR) is 72.0 cm³/mol. The Bertz CT molecular complexity index is 551. The van der Waals surface area contributed by atoms with E-state index in [9.17, 15) is 14.0 Å². The van der Waals surface area contributed by atoms with Crippen LogP contribution in [0.4, 0.5) is 10.1 Å². The molecular formula is C14H13BrFNO2. The summed E-state index contributed by atoms with van der Waals surface area (Å²) in [5.41, 5.74) is 0.331. The van der Waals surface area contributed by atoms with Gasteiger partial charge in [0.15, 0.2) is 0 Å². The van der Waals surface area contributed by atoms with E-state index in [-0.39, 0.29) is 23.7 Å². The van der Waals surface area contributed by atoms with E-state index >= 15 is 0 Å². The van der Waals surface area contributed by atoms with Gasteiger partial charge in [0.1, 0.15) is 5.82 Å². The molecule has 0 N–H and O–H groups in total. The topological polar surface area (TPSA) is 37.4 Å². The number of amides is 2. The molecule has 5 heteroatoms. The van der Waals surface area contributed by atoms with E-state index in [1.807, 2.05) is 0 Å². The summed E-state index contributed by atoms with van der Waals surface area (Å²) < 4.78 is 13.9. The third-order valence-electron chi connectivity index (χ3n) is 4.03. The maximum Gasteiger partial charge on any atom is 0.237 e. The molecule has 0 spiro atoms. The van der Waals surface area contributed by atoms with Crippen LogP contribution in [0.1, 0.15) is 19.8 Å². The SMILES string of the molecule is CC1CC2C(=O)N(c3ccc(Br)c(F)c3)C(=O)C2C1. The van der Waals surface area contributed by atoms with Crippen LogP contribution in [0.25, 0.3) is 0 Å². The third kappa shape index (κ3) is 1.91. The normalized spacial score (nSPS) is 30.1. The number of carbonyl (C=O) groups excluding carboxylic acids is 2. The molecule has 2 aliphatic rings. The second-order valence-electron chi connectivity index (χ2n) is 5.40. The zero-order valence-electron chi connectivity index (χ0n) is 10.4. The van der Waals surface area contributed by atoms with E-state index in [0.29, 0.717) is 16.1 Å². The van der Waals surface area contributed by atoms with Crippen molar-refractivity contribution in [2.45, 2.75) is 19.8 Å². The summed E-state index contributed by atoms with van der Waals surface area (Å²) in [7, 11) is 0. The maximum atomic E-state index is 13.5. The molecule has 0 aromatic heterocycles. The summed E-state index contributed by atoms with van der Waals surface area (Å²) in [6.07, 6.45) is 1.51. The van der Waals surface area contributed by atoms with Gasteiger partial charge in [0, 0.05) is 0 Å². The summed E-state index contributed by atoms with van der Waals surface area (Å²) in [5, 5.41) is 0. The fraction of sp³-hybridized carbons (Fsp3) is 0.429. The Morgan fingerprint density at radius 3 is 2.32 bits per heavy atom. The molecule has 19 heavy (non-hydrogen) atoms. The number of carbonyl (C=O) groups is 2. The molecule has 1 aromatic rings. The molecule has 100 valence electrons. The van der Waals surface area contributed by atoms with Crippen molar-refractivity contribution in [2.75, 3.05) is 4.90 Å². The highest BCUT2D eigenvalue weighted by Crippen LogP contribution is 2.44. The Morgan fingerprint density at radius 1 is 1.21 bits per heavy atom. The summed E-state index contributed by atoms with van der Waals surface area (Å²) in [4.78, 5) is 25.8. The molecule has 1 aromatic carbocycles. The van der Waals surface area contributed by atoms with E-state index in [2.05, 4.69) is 22.9 Å². The standard InChI is InChI=1S/C14H13BrFNO2/c1-7-4-9-10(5-7)14(19)17(13(9)18)8-2-3-11(15)12(16)6-8/h2-3,6-7,9-10H,4-5H2,1H3. The number of imide groups is 1. The fourth-order valence-electron chi connectivity index (χ4n) is 3.16. The van der Waals surface area contributed by atoms with Gasteiger partial charge >= 0.3 is 0 Å². The molecule has 2 fully saturated rings. The number of fused-ring (bicyclic) bond motifs is 1. The van der Waals surface area contributed by atoms with Gasteiger partial charge in [-0.05, 0) is 52.9 Å². The largest absolute Gasteiger partial charge is 0.274 e. The lowest BCUT2D eigenvalue weighted by atomic mass is 10.00. The van der Waals surface area contributed by atoms with E-state index in [0.717, 1.165) is 17.7 Å². The summed E-state index contributed by atoms with van der Waals surface area (Å²) in [6.45, 7) is 2.06. The van der Waals surface area contributed by atoms with Crippen LogP contribution in [0.3, 0.4) is 0 Å². The summed E-state index contributed by atoms with van der Waals surface area (Å²) in [5.74, 6) is -0.846. The minimum absolute atomic E-state index is 0.180. The van der Waals surface area contributed by atoms with Gasteiger partial charge in [-0.1, -0.05) is 6.92 Å². The molecule has 0 bridgehead atoms. The Morgan fingerprint density at radius 2 is 1.79 bits per heavy atom. The second-order valence-corrected chi connectivity index (χ2v) is 6.25. The number of benzene rings is 1. The Hall–Kier alpha value is -1.23. The lowest BCUT2D eigenvalue weighted by Gasteiger charge is -2.17. The molecule has 1 aliphatic heterocycles. The van der Waals surface area contributed by atoms with Crippen molar-refractivity contribution in [2.24, 2.45) is 17.8 Å². The Kier molecular flexibility index (Phi) is 2.96. The van der Waals surface area contributed by atoms with Gasteiger partial charge < -0.3 is 0 Å². The lowest BCUT2D eigenvalue weighted by molar-refractivity contribution is -0.123. The molecule has 1 saturated heterocycles. The summed E-state index contributed by atoms with van der Waals surface area (Å²) >= 11 is 3.06. The molecule has 2 amide bonds. The monoisotopic (exact) mass is 325 g/mol. The van der Waals surface area contributed by atoms with Gasteiger partial charge in [-0.15, -0.1) is 0 Å². The predicted octanol–water partition coefficient (Wildman–Crippen LogP) is 3.12. The first-order valence-corrected chi connectivity index (χ1v) is 7.11. The molecule has 2 unspecified atom stereocenters. The van der Waals surface area contributed by atoms with Crippen LogP contribution in [-0.2, 0) is 9.59 Å². The molecule has 2 atom stereocenters. The highest BCUT2D eigenvalue weighted by molar-refractivity contribution is 9.10. The molecular weight excluding hydrogens is 313 g/mol. The van der Waals surface area contributed by atoms with Crippen molar-refractivity contribution >= 4 is 33.4 Å². The smallest absolute Gasteiger partial charge is 0.237 e. The van der Waals surface area contributed by atoms with Crippen LogP contribution in [0.2, 0.25) is 0 Å². The van der Waals surface area contributed by atoms with Gasteiger partial charge in [0.2, 0.25) is 11.8 Å². The van der Waals surface area contributed by atoms with Crippen LogP contribution in [0.15, 0.2) is 22.7 Å². The van der Waals surface area contributed by atoms with Crippen LogP contribution in [0.5, 0.6) is 0 Å². The molecule has 3 rings (SSSR count). The highest BCUT2D eigenvalue weighted by Gasteiger charge is 2.52. The van der Waals surface area contributed by atoms with Gasteiger partial charge in [-0.2, -0.15) is 0 Å². The number of anilines is 1. The number of nitrogens with zero attached hydrogens (tertiary/aromatic N) is 1. The maximum absolute atomic E-state index is 13.5. The molecule has 3 nitrogen and oxygen atoms in total. The molecule has 1 saturated carbocycles. The molecule has 1 heterocycles. The van der Waals surface area contributed by atoms with E-state index in [1.165, 1.54) is 12.1 Å². The number of hydrogen-bond donors (Lipinski definition) is 0. The van der Waals surface area contributed by atoms with Crippen molar-refractivity contribution < 1.29 is 14.0 Å². The molecule has 1 aliphatic carbocycles. The first-order valence-electron chi connectivity index (χ1n) is 6.32. The Balaban J connectivity index is 1.96. The van der Waals surface area contributed by atoms with E-state index in [4.69, 9.17) is 0 Å². The Labute approximate surface area is 118 Å². The number of rotatable bonds is 1. The average molecular weight is 326 g/mol. The van der Waals surface area contributed by atoms with Crippen LogP contribution in [-0.4, -0.2) is 11.8 Å². The van der Waals surface area contributed by atoms with Gasteiger partial charge in [-0.3, -0.25) is 9.59 Å². The van der Waals surface area contributed by atoms with Crippen LogP contribution >= 0.6 is 15.9 Å². The minimum atomic E-state index is -0.469. The number of halogens is 2. The van der Waals surface area contributed by atoms with Crippen molar-refractivity contribution in [3.8, 4) is 0 Å². The lowest BCUT2D eigenvalue weighted by Crippen LogP contribution is -2.32. The van der Waals surface area contributed by atoms with E-state index < -0.39 is 5.82 Å². The van der Waals surface area contributed by atoms with Crippen LogP contribution in [0, 0.1) is 23.6 Å². The third-order valence-corrected chi connectivity index (χ3v) is 4.68. The second kappa shape index (κ2) is 4.40. The van der Waals surface area contributed by atoms with Gasteiger partial charge in [0.25, 0.3) is 0 Å². The first-order chi connectivity index (χ1) is 8.99. The first kappa shape index (κ1) is 12.8. The van der Waals surface area contributed by atoms with Gasteiger partial charge in [-0.25, -0.2) is 9.29 Å². The quantitative estimate of drug-likeness (QED) is 0.744.